The Labute approximate surface area is 135 Å². The minimum atomic E-state index is -0.477. The first-order chi connectivity index (χ1) is 10.5. The molecule has 112 valence electrons. The van der Waals surface area contributed by atoms with Crippen LogP contribution in [-0.2, 0) is 0 Å². The summed E-state index contributed by atoms with van der Waals surface area (Å²) in [6.45, 7) is 1.77. The normalized spacial score (nSPS) is 10.9. The molecule has 2 aromatic carbocycles. The summed E-state index contributed by atoms with van der Waals surface area (Å²) in [5.74, 6) is -0.809. The molecule has 1 amide bonds. The van der Waals surface area contributed by atoms with Gasteiger partial charge < -0.3 is 9.73 Å². The highest BCUT2D eigenvalue weighted by molar-refractivity contribution is 6.35. The van der Waals surface area contributed by atoms with Gasteiger partial charge in [-0.15, -0.1) is 0 Å². The van der Waals surface area contributed by atoms with Crippen molar-refractivity contribution < 1.29 is 13.6 Å². The van der Waals surface area contributed by atoms with E-state index in [0.717, 1.165) is 11.5 Å². The zero-order valence-electron chi connectivity index (χ0n) is 11.4. The molecule has 1 heterocycles. The number of para-hydroxylation sites is 1. The zero-order chi connectivity index (χ0) is 15.9. The van der Waals surface area contributed by atoms with Gasteiger partial charge in [-0.3, -0.25) is 4.79 Å². The van der Waals surface area contributed by atoms with Gasteiger partial charge in [0.15, 0.2) is 11.3 Å². The van der Waals surface area contributed by atoms with E-state index in [1.807, 2.05) is 6.07 Å². The van der Waals surface area contributed by atoms with Crippen LogP contribution in [0.25, 0.3) is 11.0 Å². The topological polar surface area (TPSA) is 42.2 Å². The van der Waals surface area contributed by atoms with Crippen molar-refractivity contribution in [3.05, 3.63) is 63.6 Å². The van der Waals surface area contributed by atoms with Crippen LogP contribution in [0.1, 0.15) is 16.1 Å². The van der Waals surface area contributed by atoms with E-state index in [1.54, 1.807) is 19.1 Å². The molecule has 0 aliphatic carbocycles. The number of hydrogen-bond acceptors (Lipinski definition) is 2. The van der Waals surface area contributed by atoms with Gasteiger partial charge in [-0.2, -0.15) is 0 Å². The summed E-state index contributed by atoms with van der Waals surface area (Å²) in [4.78, 5) is 12.4. The minimum absolute atomic E-state index is 0.111. The molecule has 3 rings (SSSR count). The van der Waals surface area contributed by atoms with E-state index < -0.39 is 11.7 Å². The van der Waals surface area contributed by atoms with Crippen molar-refractivity contribution in [2.75, 3.05) is 5.32 Å². The molecule has 0 saturated heterocycles. The van der Waals surface area contributed by atoms with Crippen LogP contribution in [0.4, 0.5) is 10.1 Å². The van der Waals surface area contributed by atoms with Gasteiger partial charge in [-0.05, 0) is 31.2 Å². The third kappa shape index (κ3) is 2.56. The number of carbonyl (C=O) groups is 1. The van der Waals surface area contributed by atoms with Crippen molar-refractivity contribution in [3.8, 4) is 0 Å². The smallest absolute Gasteiger partial charge is 0.291 e. The molecule has 1 aromatic heterocycles. The first-order valence-electron chi connectivity index (χ1n) is 6.41. The number of anilines is 1. The fraction of sp³-hybridized carbons (Fsp3) is 0.0625. The Kier molecular flexibility index (Phi) is 3.81. The Morgan fingerprint density at radius 3 is 2.64 bits per heavy atom. The fourth-order valence-electron chi connectivity index (χ4n) is 2.20. The number of aryl methyl sites for hydroxylation is 1. The van der Waals surface area contributed by atoms with Crippen LogP contribution in [-0.4, -0.2) is 5.91 Å². The molecular formula is C16H10Cl2FNO2. The highest BCUT2D eigenvalue weighted by Crippen LogP contribution is 2.31. The van der Waals surface area contributed by atoms with Crippen molar-refractivity contribution in [1.29, 1.82) is 0 Å². The summed E-state index contributed by atoms with van der Waals surface area (Å²) in [5.41, 5.74) is 1.43. The second-order valence-corrected chi connectivity index (χ2v) is 5.57. The lowest BCUT2D eigenvalue weighted by Gasteiger charge is -2.06. The van der Waals surface area contributed by atoms with Crippen LogP contribution >= 0.6 is 23.2 Å². The van der Waals surface area contributed by atoms with Crippen molar-refractivity contribution in [2.45, 2.75) is 6.92 Å². The molecule has 3 aromatic rings. The van der Waals surface area contributed by atoms with Crippen molar-refractivity contribution in [1.82, 2.24) is 0 Å². The Bertz CT molecular complexity index is 889. The molecule has 6 heteroatoms. The largest absolute Gasteiger partial charge is 0.449 e. The van der Waals surface area contributed by atoms with Crippen molar-refractivity contribution in [3.63, 3.8) is 0 Å². The number of rotatable bonds is 2. The molecule has 0 unspecified atom stereocenters. The quantitative estimate of drug-likeness (QED) is 0.676. The lowest BCUT2D eigenvalue weighted by Crippen LogP contribution is -2.12. The number of furan rings is 1. The molecule has 0 saturated carbocycles. The number of amides is 1. The van der Waals surface area contributed by atoms with Crippen LogP contribution in [0.2, 0.25) is 10.0 Å². The monoisotopic (exact) mass is 337 g/mol. The molecular weight excluding hydrogens is 328 g/mol. The summed E-state index contributed by atoms with van der Waals surface area (Å²) in [5, 5.41) is 3.91. The first kappa shape index (κ1) is 14.9. The second kappa shape index (κ2) is 5.63. The Hall–Kier alpha value is -2.04. The van der Waals surface area contributed by atoms with Gasteiger partial charge >= 0.3 is 0 Å². The zero-order valence-corrected chi connectivity index (χ0v) is 12.9. The average molecular weight is 338 g/mol. The maximum Gasteiger partial charge on any atom is 0.291 e. The van der Waals surface area contributed by atoms with Gasteiger partial charge in [0.2, 0.25) is 0 Å². The summed E-state index contributed by atoms with van der Waals surface area (Å²) in [6, 6.07) is 9.02. The van der Waals surface area contributed by atoms with E-state index in [4.69, 9.17) is 27.6 Å². The molecule has 3 nitrogen and oxygen atoms in total. The van der Waals surface area contributed by atoms with E-state index in [1.165, 1.54) is 12.1 Å². The van der Waals surface area contributed by atoms with Crippen LogP contribution in [0.3, 0.4) is 0 Å². The number of hydrogen-bond donors (Lipinski definition) is 1. The third-order valence-electron chi connectivity index (χ3n) is 3.30. The molecule has 22 heavy (non-hydrogen) atoms. The lowest BCUT2D eigenvalue weighted by molar-refractivity contribution is 0.0998. The van der Waals surface area contributed by atoms with Crippen molar-refractivity contribution >= 4 is 45.8 Å². The van der Waals surface area contributed by atoms with Crippen molar-refractivity contribution in [2.24, 2.45) is 0 Å². The Balaban J connectivity index is 1.99. The SMILES string of the molecule is Cc1c(C(=O)Nc2ccc(F)cc2Cl)oc2c(Cl)cccc12. The minimum Gasteiger partial charge on any atom is -0.449 e. The van der Waals surface area contributed by atoms with E-state index in [9.17, 15) is 9.18 Å². The van der Waals surface area contributed by atoms with Gasteiger partial charge in [0.05, 0.1) is 15.7 Å². The van der Waals surface area contributed by atoms with Gasteiger partial charge in [-0.1, -0.05) is 35.3 Å². The summed E-state index contributed by atoms with van der Waals surface area (Å²) < 4.78 is 18.6. The number of benzene rings is 2. The Morgan fingerprint density at radius 1 is 1.18 bits per heavy atom. The van der Waals surface area contributed by atoms with Gasteiger partial charge in [0, 0.05) is 10.9 Å². The van der Waals surface area contributed by atoms with Crippen LogP contribution in [0.15, 0.2) is 40.8 Å². The van der Waals surface area contributed by atoms with Gasteiger partial charge in [-0.25, -0.2) is 4.39 Å². The highest BCUT2D eigenvalue weighted by atomic mass is 35.5. The van der Waals surface area contributed by atoms with Crippen LogP contribution in [0.5, 0.6) is 0 Å². The van der Waals surface area contributed by atoms with Gasteiger partial charge in [0.1, 0.15) is 5.82 Å². The first-order valence-corrected chi connectivity index (χ1v) is 7.17. The molecule has 0 atom stereocenters. The van der Waals surface area contributed by atoms with E-state index in [-0.39, 0.29) is 10.8 Å². The fourth-order valence-corrected chi connectivity index (χ4v) is 2.62. The molecule has 1 N–H and O–H groups in total. The third-order valence-corrected chi connectivity index (χ3v) is 3.91. The molecule has 0 aliphatic rings. The Morgan fingerprint density at radius 2 is 1.95 bits per heavy atom. The lowest BCUT2D eigenvalue weighted by atomic mass is 10.1. The highest BCUT2D eigenvalue weighted by Gasteiger charge is 2.19. The maximum atomic E-state index is 13.0. The van der Waals surface area contributed by atoms with E-state index >= 15 is 0 Å². The molecule has 0 radical (unpaired) electrons. The number of halogens is 3. The summed E-state index contributed by atoms with van der Waals surface area (Å²) >= 11 is 12.0. The maximum absolute atomic E-state index is 13.0. The van der Waals surface area contributed by atoms with Crippen LogP contribution < -0.4 is 5.32 Å². The molecule has 0 fully saturated rings. The van der Waals surface area contributed by atoms with E-state index in [2.05, 4.69) is 5.32 Å². The van der Waals surface area contributed by atoms with E-state index in [0.29, 0.717) is 21.9 Å². The molecule has 0 bridgehead atoms. The second-order valence-electron chi connectivity index (χ2n) is 4.75. The number of carbonyl (C=O) groups excluding carboxylic acids is 1. The van der Waals surface area contributed by atoms with Crippen LogP contribution in [0, 0.1) is 12.7 Å². The van der Waals surface area contributed by atoms with Gasteiger partial charge in [0.25, 0.3) is 5.91 Å². The molecule has 0 aliphatic heterocycles. The predicted octanol–water partition coefficient (Wildman–Crippen LogP) is 5.44. The standard InChI is InChI=1S/C16H10Cl2FNO2/c1-8-10-3-2-4-11(17)15(10)22-14(8)16(21)20-13-6-5-9(19)7-12(13)18/h2-7H,1H3,(H,20,21). The number of nitrogens with one attached hydrogen (secondary N) is 1. The number of fused-ring (bicyclic) bond motifs is 1. The molecule has 0 spiro atoms. The summed E-state index contributed by atoms with van der Waals surface area (Å²) in [6.07, 6.45) is 0. The summed E-state index contributed by atoms with van der Waals surface area (Å²) in [7, 11) is 0. The predicted molar refractivity (Wildman–Crippen MR) is 85.3 cm³/mol. The average Bonchev–Trinajstić information content (AvgIpc) is 2.81.